The van der Waals surface area contributed by atoms with Crippen LogP contribution in [0.1, 0.15) is 37.2 Å². The summed E-state index contributed by atoms with van der Waals surface area (Å²) >= 11 is 5.89. The summed E-state index contributed by atoms with van der Waals surface area (Å²) in [5.74, 6) is 1.22. The molecule has 0 bridgehead atoms. The van der Waals surface area contributed by atoms with Crippen molar-refractivity contribution < 1.29 is 4.42 Å². The van der Waals surface area contributed by atoms with Gasteiger partial charge in [-0.15, -0.1) is 10.2 Å². The van der Waals surface area contributed by atoms with Gasteiger partial charge in [0.1, 0.15) is 6.04 Å². The molecule has 6 nitrogen and oxygen atoms in total. The smallest absolute Gasteiger partial charge is 0.238 e. The number of nitrogens with zero attached hydrogens (tertiary/aromatic N) is 4. The standard InChI is InChI=1S/C16H18ClN5O/c1-3-15-20-21-16(23-15)11(2)19-14-8-18-22(10-14)9-12-4-6-13(17)7-5-12/h4-8,10-11,19H,3,9H2,1-2H3. The minimum Gasteiger partial charge on any atom is -0.423 e. The summed E-state index contributed by atoms with van der Waals surface area (Å²) < 4.78 is 7.42. The average molecular weight is 332 g/mol. The normalized spacial score (nSPS) is 12.3. The zero-order chi connectivity index (χ0) is 16.2. The fourth-order valence-electron chi connectivity index (χ4n) is 2.20. The number of hydrogen-bond acceptors (Lipinski definition) is 5. The van der Waals surface area contributed by atoms with Gasteiger partial charge in [0.15, 0.2) is 0 Å². The molecule has 2 heterocycles. The van der Waals surface area contributed by atoms with Crippen molar-refractivity contribution in [3.8, 4) is 0 Å². The number of nitrogens with one attached hydrogen (secondary N) is 1. The predicted molar refractivity (Wildman–Crippen MR) is 88.5 cm³/mol. The molecule has 120 valence electrons. The van der Waals surface area contributed by atoms with Crippen LogP contribution in [0.3, 0.4) is 0 Å². The highest BCUT2D eigenvalue weighted by molar-refractivity contribution is 6.30. The first-order valence-corrected chi connectivity index (χ1v) is 7.87. The molecule has 1 atom stereocenters. The van der Waals surface area contributed by atoms with E-state index < -0.39 is 0 Å². The quantitative estimate of drug-likeness (QED) is 0.745. The minimum atomic E-state index is -0.0732. The second kappa shape index (κ2) is 6.83. The zero-order valence-corrected chi connectivity index (χ0v) is 13.8. The van der Waals surface area contributed by atoms with Crippen LogP contribution in [0.25, 0.3) is 0 Å². The van der Waals surface area contributed by atoms with Crippen molar-refractivity contribution >= 4 is 17.3 Å². The van der Waals surface area contributed by atoms with Gasteiger partial charge in [-0.05, 0) is 24.6 Å². The van der Waals surface area contributed by atoms with E-state index in [1.807, 2.05) is 49.0 Å². The lowest BCUT2D eigenvalue weighted by Crippen LogP contribution is -2.06. The highest BCUT2D eigenvalue weighted by Crippen LogP contribution is 2.18. The lowest BCUT2D eigenvalue weighted by atomic mass is 10.2. The Hall–Kier alpha value is -2.34. The summed E-state index contributed by atoms with van der Waals surface area (Å²) in [6.07, 6.45) is 4.46. The van der Waals surface area contributed by atoms with Gasteiger partial charge < -0.3 is 9.73 Å². The third-order valence-electron chi connectivity index (χ3n) is 3.43. The summed E-state index contributed by atoms with van der Waals surface area (Å²) in [6.45, 7) is 4.65. The summed E-state index contributed by atoms with van der Waals surface area (Å²) in [5, 5.41) is 16.4. The van der Waals surface area contributed by atoms with Gasteiger partial charge in [0.05, 0.1) is 18.4 Å². The molecular weight excluding hydrogens is 314 g/mol. The van der Waals surface area contributed by atoms with E-state index in [2.05, 4.69) is 20.6 Å². The van der Waals surface area contributed by atoms with Crippen LogP contribution >= 0.6 is 11.6 Å². The highest BCUT2D eigenvalue weighted by atomic mass is 35.5. The van der Waals surface area contributed by atoms with Crippen molar-refractivity contribution in [3.63, 3.8) is 0 Å². The van der Waals surface area contributed by atoms with Crippen molar-refractivity contribution in [2.75, 3.05) is 5.32 Å². The van der Waals surface area contributed by atoms with Gasteiger partial charge >= 0.3 is 0 Å². The van der Waals surface area contributed by atoms with E-state index in [0.29, 0.717) is 18.3 Å². The molecule has 0 aliphatic rings. The Kier molecular flexibility index (Phi) is 4.62. The number of rotatable bonds is 6. The molecule has 1 unspecified atom stereocenters. The first-order chi connectivity index (χ1) is 11.1. The fraction of sp³-hybridized carbons (Fsp3) is 0.312. The molecule has 0 amide bonds. The molecule has 1 aromatic carbocycles. The van der Waals surface area contributed by atoms with Crippen LogP contribution in [0, 0.1) is 0 Å². The maximum atomic E-state index is 5.89. The van der Waals surface area contributed by atoms with Crippen molar-refractivity contribution in [2.24, 2.45) is 0 Å². The summed E-state index contributed by atoms with van der Waals surface area (Å²) in [4.78, 5) is 0. The van der Waals surface area contributed by atoms with Crippen LogP contribution in [-0.4, -0.2) is 20.0 Å². The number of anilines is 1. The molecule has 3 aromatic rings. The van der Waals surface area contributed by atoms with E-state index in [1.54, 1.807) is 6.20 Å². The van der Waals surface area contributed by atoms with Gasteiger partial charge in [-0.25, -0.2) is 0 Å². The summed E-state index contributed by atoms with van der Waals surface area (Å²) in [6, 6.07) is 7.66. The monoisotopic (exact) mass is 331 g/mol. The minimum absolute atomic E-state index is 0.0732. The Morgan fingerprint density at radius 2 is 2.04 bits per heavy atom. The molecule has 0 aliphatic carbocycles. The molecule has 0 fully saturated rings. The number of aromatic nitrogens is 4. The zero-order valence-electron chi connectivity index (χ0n) is 13.0. The highest BCUT2D eigenvalue weighted by Gasteiger charge is 2.13. The van der Waals surface area contributed by atoms with E-state index in [1.165, 1.54) is 0 Å². The lowest BCUT2D eigenvalue weighted by molar-refractivity contribution is 0.439. The second-order valence-corrected chi connectivity index (χ2v) is 5.74. The number of hydrogen-bond donors (Lipinski definition) is 1. The van der Waals surface area contributed by atoms with Crippen LogP contribution in [0.2, 0.25) is 5.02 Å². The number of benzene rings is 1. The second-order valence-electron chi connectivity index (χ2n) is 5.31. The maximum Gasteiger partial charge on any atom is 0.238 e. The molecule has 23 heavy (non-hydrogen) atoms. The van der Waals surface area contributed by atoms with Crippen LogP contribution in [0.5, 0.6) is 0 Å². The van der Waals surface area contributed by atoms with Gasteiger partial charge in [0.2, 0.25) is 11.8 Å². The van der Waals surface area contributed by atoms with Crippen molar-refractivity contribution in [3.05, 3.63) is 59.0 Å². The van der Waals surface area contributed by atoms with Crippen molar-refractivity contribution in [2.45, 2.75) is 32.9 Å². The Balaban J connectivity index is 1.63. The largest absolute Gasteiger partial charge is 0.423 e. The van der Waals surface area contributed by atoms with Gasteiger partial charge in [-0.3, -0.25) is 4.68 Å². The van der Waals surface area contributed by atoms with Crippen LogP contribution < -0.4 is 5.32 Å². The van der Waals surface area contributed by atoms with E-state index >= 15 is 0 Å². The van der Waals surface area contributed by atoms with E-state index in [-0.39, 0.29) is 6.04 Å². The maximum absolute atomic E-state index is 5.89. The van der Waals surface area contributed by atoms with Gasteiger partial charge in [0.25, 0.3) is 0 Å². The van der Waals surface area contributed by atoms with Crippen LogP contribution in [0.4, 0.5) is 5.69 Å². The Labute approximate surface area is 139 Å². The lowest BCUT2D eigenvalue weighted by Gasteiger charge is -2.08. The Morgan fingerprint density at radius 3 is 2.74 bits per heavy atom. The van der Waals surface area contributed by atoms with Crippen LogP contribution in [0.15, 0.2) is 41.1 Å². The van der Waals surface area contributed by atoms with Crippen LogP contribution in [-0.2, 0) is 13.0 Å². The Bertz CT molecular complexity index is 765. The molecule has 0 saturated carbocycles. The van der Waals surface area contributed by atoms with Gasteiger partial charge in [-0.1, -0.05) is 30.7 Å². The molecule has 0 spiro atoms. The molecule has 7 heteroatoms. The van der Waals surface area contributed by atoms with Crippen molar-refractivity contribution in [1.82, 2.24) is 20.0 Å². The molecule has 0 radical (unpaired) electrons. The third kappa shape index (κ3) is 3.90. The molecule has 0 saturated heterocycles. The first-order valence-electron chi connectivity index (χ1n) is 7.49. The molecule has 1 N–H and O–H groups in total. The number of aryl methyl sites for hydroxylation is 1. The van der Waals surface area contributed by atoms with Gasteiger partial charge in [0, 0.05) is 17.6 Å². The Morgan fingerprint density at radius 1 is 1.26 bits per heavy atom. The molecule has 2 aromatic heterocycles. The average Bonchev–Trinajstić information content (AvgIpc) is 3.19. The molecule has 3 rings (SSSR count). The van der Waals surface area contributed by atoms with Gasteiger partial charge in [-0.2, -0.15) is 5.10 Å². The SMILES string of the molecule is CCc1nnc(C(C)Nc2cnn(Cc3ccc(Cl)cc3)c2)o1. The van der Waals surface area contributed by atoms with E-state index in [0.717, 1.165) is 22.7 Å². The summed E-state index contributed by atoms with van der Waals surface area (Å²) in [7, 11) is 0. The van der Waals surface area contributed by atoms with E-state index in [4.69, 9.17) is 16.0 Å². The number of halogens is 1. The topological polar surface area (TPSA) is 68.8 Å². The molecule has 0 aliphatic heterocycles. The third-order valence-corrected chi connectivity index (χ3v) is 3.68. The molecular formula is C16H18ClN5O. The fourth-order valence-corrected chi connectivity index (χ4v) is 2.32. The van der Waals surface area contributed by atoms with Crippen molar-refractivity contribution in [1.29, 1.82) is 0 Å². The first kappa shape index (κ1) is 15.6. The summed E-state index contributed by atoms with van der Waals surface area (Å²) in [5.41, 5.74) is 2.05. The predicted octanol–water partition coefficient (Wildman–Crippen LogP) is 3.70. The van der Waals surface area contributed by atoms with E-state index in [9.17, 15) is 0 Å².